The van der Waals surface area contributed by atoms with E-state index < -0.39 is 36.2 Å². The second-order valence-electron chi connectivity index (χ2n) is 6.92. The summed E-state index contributed by atoms with van der Waals surface area (Å²) in [6.07, 6.45) is -0.117. The van der Waals surface area contributed by atoms with E-state index in [-0.39, 0.29) is 13.0 Å². The van der Waals surface area contributed by atoms with Gasteiger partial charge in [-0.05, 0) is 48.9 Å². The summed E-state index contributed by atoms with van der Waals surface area (Å²) in [5, 5.41) is 4.22. The van der Waals surface area contributed by atoms with Crippen molar-refractivity contribution in [3.63, 3.8) is 0 Å². The number of nitrogens with zero attached hydrogens (tertiary/aromatic N) is 1. The van der Waals surface area contributed by atoms with E-state index in [0.717, 1.165) is 9.48 Å². The lowest BCUT2D eigenvalue weighted by Crippen LogP contribution is -2.43. The molecule has 0 bridgehead atoms. The maximum absolute atomic E-state index is 12.3. The van der Waals surface area contributed by atoms with Gasteiger partial charge >= 0.3 is 5.97 Å². The number of hydrazine groups is 1. The maximum atomic E-state index is 12.3. The molecule has 3 amide bonds. The van der Waals surface area contributed by atoms with E-state index in [1.807, 2.05) is 0 Å². The lowest BCUT2D eigenvalue weighted by molar-refractivity contribution is -0.151. The molecule has 2 aromatic rings. The predicted octanol–water partition coefficient (Wildman–Crippen LogP) is 3.09. The first-order valence-corrected chi connectivity index (χ1v) is 10.5. The molecule has 1 heterocycles. The Bertz CT molecular complexity index is 1030. The number of amides is 3. The lowest BCUT2D eigenvalue weighted by atomic mass is 10.1. The van der Waals surface area contributed by atoms with Crippen LogP contribution in [0, 0.1) is 12.8 Å². The van der Waals surface area contributed by atoms with Crippen molar-refractivity contribution in [1.29, 1.82) is 0 Å². The summed E-state index contributed by atoms with van der Waals surface area (Å²) >= 11 is 9.30. The average molecular weight is 509 g/mol. The van der Waals surface area contributed by atoms with Crippen LogP contribution in [0.5, 0.6) is 0 Å². The molecule has 31 heavy (non-hydrogen) atoms. The summed E-state index contributed by atoms with van der Waals surface area (Å²) in [6.45, 7) is 1.22. The van der Waals surface area contributed by atoms with Crippen LogP contribution < -0.4 is 10.7 Å². The quantitative estimate of drug-likeness (QED) is 0.584. The highest BCUT2D eigenvalue weighted by Crippen LogP contribution is 2.23. The van der Waals surface area contributed by atoms with Gasteiger partial charge in [-0.25, -0.2) is 0 Å². The molecule has 3 rings (SSSR count). The Labute approximate surface area is 192 Å². The lowest BCUT2D eigenvalue weighted by Gasteiger charge is -2.17. The van der Waals surface area contributed by atoms with Crippen molar-refractivity contribution in [2.75, 3.05) is 18.5 Å². The number of carbonyl (C=O) groups excluding carboxylic acids is 4. The minimum atomic E-state index is -0.779. The largest absolute Gasteiger partial charge is 0.455 e. The topological polar surface area (TPSA) is 105 Å². The van der Waals surface area contributed by atoms with Gasteiger partial charge in [-0.3, -0.25) is 29.6 Å². The first-order chi connectivity index (χ1) is 14.7. The average Bonchev–Trinajstić information content (AvgIpc) is 3.10. The SMILES string of the molecule is Cc1c(Cl)cccc1NC(=O)COC(=O)[C@@H]1CC(=O)N(NC(=O)c2ccc(Br)cc2)C1. The predicted molar refractivity (Wildman–Crippen MR) is 117 cm³/mol. The van der Waals surface area contributed by atoms with E-state index in [1.165, 1.54) is 0 Å². The van der Waals surface area contributed by atoms with Crippen molar-refractivity contribution in [2.45, 2.75) is 13.3 Å². The van der Waals surface area contributed by atoms with Gasteiger partial charge in [0, 0.05) is 27.2 Å². The molecule has 1 saturated heterocycles. The monoisotopic (exact) mass is 507 g/mol. The molecule has 0 spiro atoms. The van der Waals surface area contributed by atoms with Crippen molar-refractivity contribution in [3.05, 3.63) is 63.1 Å². The van der Waals surface area contributed by atoms with Crippen molar-refractivity contribution in [3.8, 4) is 0 Å². The molecule has 8 nitrogen and oxygen atoms in total. The minimum absolute atomic E-state index is 0.0328. The second kappa shape index (κ2) is 9.93. The van der Waals surface area contributed by atoms with Gasteiger partial charge in [-0.15, -0.1) is 0 Å². The Morgan fingerprint density at radius 2 is 1.90 bits per heavy atom. The van der Waals surface area contributed by atoms with Gasteiger partial charge in [0.15, 0.2) is 6.61 Å². The molecular weight excluding hydrogens is 490 g/mol. The number of benzene rings is 2. The van der Waals surface area contributed by atoms with Gasteiger partial charge in [0.05, 0.1) is 12.5 Å². The molecule has 0 saturated carbocycles. The molecule has 0 radical (unpaired) electrons. The Morgan fingerprint density at radius 3 is 2.61 bits per heavy atom. The van der Waals surface area contributed by atoms with Crippen molar-refractivity contribution in [1.82, 2.24) is 10.4 Å². The standard InChI is InChI=1S/C21H19BrClN3O5/c1-12-16(23)3-2-4-17(12)24-18(27)11-31-21(30)14-9-19(28)26(10-14)25-20(29)13-5-7-15(22)8-6-13/h2-8,14H,9-11H2,1H3,(H,24,27)(H,25,29)/t14-/m1/s1. The van der Waals surface area contributed by atoms with Crippen LogP contribution in [0.25, 0.3) is 0 Å². The zero-order chi connectivity index (χ0) is 22.5. The fourth-order valence-corrected chi connectivity index (χ4v) is 3.38. The Balaban J connectivity index is 1.49. The number of nitrogens with one attached hydrogen (secondary N) is 2. The number of rotatable bonds is 6. The number of esters is 1. The Hall–Kier alpha value is -2.91. The van der Waals surface area contributed by atoms with Crippen molar-refractivity contribution in [2.24, 2.45) is 5.92 Å². The molecule has 0 unspecified atom stereocenters. The minimum Gasteiger partial charge on any atom is -0.455 e. The molecular formula is C21H19BrClN3O5. The van der Waals surface area contributed by atoms with Crippen LogP contribution in [-0.4, -0.2) is 41.9 Å². The van der Waals surface area contributed by atoms with Gasteiger partial charge in [0.2, 0.25) is 5.91 Å². The molecule has 0 aromatic heterocycles. The van der Waals surface area contributed by atoms with E-state index in [4.69, 9.17) is 16.3 Å². The molecule has 1 aliphatic rings. The summed E-state index contributed by atoms with van der Waals surface area (Å²) in [4.78, 5) is 48.8. The Morgan fingerprint density at radius 1 is 1.19 bits per heavy atom. The van der Waals surface area contributed by atoms with Crippen LogP contribution in [0.15, 0.2) is 46.9 Å². The van der Waals surface area contributed by atoms with Crippen LogP contribution in [-0.2, 0) is 19.1 Å². The third-order valence-corrected chi connectivity index (χ3v) is 5.63. The first-order valence-electron chi connectivity index (χ1n) is 9.33. The molecule has 1 fully saturated rings. The molecule has 1 aliphatic heterocycles. The van der Waals surface area contributed by atoms with E-state index in [2.05, 4.69) is 26.7 Å². The zero-order valence-corrected chi connectivity index (χ0v) is 18.8. The van der Waals surface area contributed by atoms with Crippen LogP contribution in [0.4, 0.5) is 5.69 Å². The fourth-order valence-electron chi connectivity index (χ4n) is 2.95. The van der Waals surface area contributed by atoms with Gasteiger partial charge in [0.25, 0.3) is 11.8 Å². The summed E-state index contributed by atoms with van der Waals surface area (Å²) in [5.74, 6) is -2.87. The highest BCUT2D eigenvalue weighted by Gasteiger charge is 2.36. The number of carbonyl (C=O) groups is 4. The van der Waals surface area contributed by atoms with Crippen LogP contribution in [0.2, 0.25) is 5.02 Å². The van der Waals surface area contributed by atoms with E-state index in [0.29, 0.717) is 21.8 Å². The van der Waals surface area contributed by atoms with Crippen molar-refractivity contribution >= 4 is 56.9 Å². The number of ether oxygens (including phenoxy) is 1. The molecule has 162 valence electrons. The molecule has 10 heteroatoms. The van der Waals surface area contributed by atoms with Gasteiger partial charge in [-0.2, -0.15) is 0 Å². The number of halogens is 2. The van der Waals surface area contributed by atoms with Crippen LogP contribution in [0.3, 0.4) is 0 Å². The van der Waals surface area contributed by atoms with Gasteiger partial charge in [-0.1, -0.05) is 33.6 Å². The smallest absolute Gasteiger partial charge is 0.311 e. The highest BCUT2D eigenvalue weighted by molar-refractivity contribution is 9.10. The zero-order valence-electron chi connectivity index (χ0n) is 16.5. The number of anilines is 1. The van der Waals surface area contributed by atoms with E-state index in [1.54, 1.807) is 49.4 Å². The maximum Gasteiger partial charge on any atom is 0.311 e. The molecule has 1 atom stereocenters. The van der Waals surface area contributed by atoms with Crippen LogP contribution in [0.1, 0.15) is 22.3 Å². The van der Waals surface area contributed by atoms with Crippen molar-refractivity contribution < 1.29 is 23.9 Å². The summed E-state index contributed by atoms with van der Waals surface area (Å²) in [5.41, 5.74) is 4.08. The third kappa shape index (κ3) is 5.83. The summed E-state index contributed by atoms with van der Waals surface area (Å²) in [6, 6.07) is 11.7. The normalized spacial score (nSPS) is 15.5. The number of hydrogen-bond donors (Lipinski definition) is 2. The Kier molecular flexibility index (Phi) is 7.29. The van der Waals surface area contributed by atoms with E-state index in [9.17, 15) is 19.2 Å². The third-order valence-electron chi connectivity index (χ3n) is 4.69. The van der Waals surface area contributed by atoms with Gasteiger partial charge in [0.1, 0.15) is 0 Å². The van der Waals surface area contributed by atoms with Gasteiger partial charge < -0.3 is 10.1 Å². The van der Waals surface area contributed by atoms with Crippen LogP contribution >= 0.6 is 27.5 Å². The summed E-state index contributed by atoms with van der Waals surface area (Å²) < 4.78 is 5.87. The molecule has 0 aliphatic carbocycles. The molecule has 2 N–H and O–H groups in total. The summed E-state index contributed by atoms with van der Waals surface area (Å²) in [7, 11) is 0. The fraction of sp³-hybridized carbons (Fsp3) is 0.238. The number of hydrogen-bond acceptors (Lipinski definition) is 5. The highest BCUT2D eigenvalue weighted by atomic mass is 79.9. The van der Waals surface area contributed by atoms with E-state index >= 15 is 0 Å². The second-order valence-corrected chi connectivity index (χ2v) is 8.24. The molecule has 2 aromatic carbocycles. The first kappa shape index (κ1) is 22.8.